The Bertz CT molecular complexity index is 773. The molecule has 1 amide bonds. The molecule has 0 radical (unpaired) electrons. The highest BCUT2D eigenvalue weighted by Gasteiger charge is 2.19. The molecular formula is C17H18BrClN2O3. The van der Waals surface area contributed by atoms with Gasteiger partial charge in [0.25, 0.3) is 5.91 Å². The Labute approximate surface area is 154 Å². The highest BCUT2D eigenvalue weighted by Crippen LogP contribution is 2.38. The lowest BCUT2D eigenvalue weighted by Crippen LogP contribution is -2.18. The van der Waals surface area contributed by atoms with Crippen LogP contribution in [0.3, 0.4) is 0 Å². The van der Waals surface area contributed by atoms with Crippen molar-refractivity contribution in [1.29, 1.82) is 0 Å². The number of hydrogen-bond acceptors (Lipinski definition) is 3. The molecular weight excluding hydrogens is 396 g/mol. The van der Waals surface area contributed by atoms with Crippen LogP contribution in [0.4, 0.5) is 5.69 Å². The van der Waals surface area contributed by atoms with Crippen LogP contribution in [-0.2, 0) is 0 Å². The van der Waals surface area contributed by atoms with E-state index in [0.717, 1.165) is 10.9 Å². The Hall–Kier alpha value is -1.66. The third-order valence-corrected chi connectivity index (χ3v) is 4.44. The van der Waals surface area contributed by atoms with E-state index in [2.05, 4.69) is 21.2 Å². The van der Waals surface area contributed by atoms with E-state index < -0.39 is 0 Å². The van der Waals surface area contributed by atoms with Gasteiger partial charge in [0.1, 0.15) is 5.69 Å². The van der Waals surface area contributed by atoms with Gasteiger partial charge in [-0.05, 0) is 35.8 Å². The number of nitrogens with zero attached hydrogens (tertiary/aromatic N) is 1. The van der Waals surface area contributed by atoms with Crippen molar-refractivity contribution in [3.63, 3.8) is 0 Å². The van der Waals surface area contributed by atoms with E-state index in [1.165, 1.54) is 0 Å². The summed E-state index contributed by atoms with van der Waals surface area (Å²) in [6.45, 7) is 5.20. The van der Waals surface area contributed by atoms with Crippen LogP contribution in [0, 0.1) is 0 Å². The highest BCUT2D eigenvalue weighted by molar-refractivity contribution is 9.10. The number of carbonyl (C=O) groups is 1. The number of hydrogen-bond donors (Lipinski definition) is 1. The van der Waals surface area contributed by atoms with Crippen molar-refractivity contribution in [2.75, 3.05) is 18.5 Å². The minimum absolute atomic E-state index is 0.163. The predicted octanol–water partition coefficient (Wildman–Crippen LogP) is 4.90. The molecule has 0 unspecified atom stereocenters. The molecule has 0 spiro atoms. The largest absolute Gasteiger partial charge is 0.490 e. The monoisotopic (exact) mass is 412 g/mol. The summed E-state index contributed by atoms with van der Waals surface area (Å²) in [5.74, 6) is 0.960. The van der Waals surface area contributed by atoms with Crippen LogP contribution in [0.1, 0.15) is 36.8 Å². The van der Waals surface area contributed by atoms with Crippen molar-refractivity contribution in [3.8, 4) is 11.5 Å². The quantitative estimate of drug-likeness (QED) is 0.779. The van der Waals surface area contributed by atoms with Gasteiger partial charge in [0.15, 0.2) is 11.5 Å². The zero-order chi connectivity index (χ0) is 17.3. The maximum Gasteiger partial charge on any atom is 0.272 e. The number of halogens is 2. The Kier molecular flexibility index (Phi) is 5.06. The van der Waals surface area contributed by atoms with Gasteiger partial charge in [0.05, 0.1) is 23.9 Å². The number of amides is 1. The number of fused-ring (bicyclic) bond motifs is 1. The zero-order valence-electron chi connectivity index (χ0n) is 13.4. The van der Waals surface area contributed by atoms with Crippen LogP contribution in [0.2, 0.25) is 5.02 Å². The number of ether oxygens (including phenoxy) is 2. The van der Waals surface area contributed by atoms with E-state index in [9.17, 15) is 4.79 Å². The smallest absolute Gasteiger partial charge is 0.272 e. The van der Waals surface area contributed by atoms with Gasteiger partial charge >= 0.3 is 0 Å². The van der Waals surface area contributed by atoms with Gasteiger partial charge in [-0.3, -0.25) is 4.79 Å². The molecule has 1 aliphatic heterocycles. The number of aromatic nitrogens is 1. The lowest BCUT2D eigenvalue weighted by atomic mass is 10.2. The van der Waals surface area contributed by atoms with Gasteiger partial charge in [-0.25, -0.2) is 0 Å². The molecule has 0 saturated heterocycles. The molecule has 0 atom stereocenters. The zero-order valence-corrected chi connectivity index (χ0v) is 15.8. The Balaban J connectivity index is 1.88. The van der Waals surface area contributed by atoms with Crippen molar-refractivity contribution in [1.82, 2.24) is 4.57 Å². The molecule has 0 fully saturated rings. The molecule has 0 saturated carbocycles. The van der Waals surface area contributed by atoms with E-state index in [0.29, 0.717) is 41.1 Å². The normalized spacial score (nSPS) is 13.7. The average Bonchev–Trinajstić information content (AvgIpc) is 2.78. The molecule has 1 aromatic carbocycles. The van der Waals surface area contributed by atoms with Crippen LogP contribution >= 0.6 is 27.5 Å². The Morgan fingerprint density at radius 1 is 1.25 bits per heavy atom. The summed E-state index contributed by atoms with van der Waals surface area (Å²) in [4.78, 5) is 12.7. The SMILES string of the molecule is CC(C)n1cc(Br)cc1C(=O)Nc1cc2c(cc1Cl)OCCCO2. The second kappa shape index (κ2) is 7.07. The summed E-state index contributed by atoms with van der Waals surface area (Å²) >= 11 is 9.70. The van der Waals surface area contributed by atoms with Crippen LogP contribution in [0.15, 0.2) is 28.9 Å². The first kappa shape index (κ1) is 17.2. The van der Waals surface area contributed by atoms with Gasteiger partial charge in [-0.1, -0.05) is 11.6 Å². The summed E-state index contributed by atoms with van der Waals surface area (Å²) in [6.07, 6.45) is 2.69. The summed E-state index contributed by atoms with van der Waals surface area (Å²) in [5.41, 5.74) is 1.05. The van der Waals surface area contributed by atoms with Crippen molar-refractivity contribution in [2.24, 2.45) is 0 Å². The standard InChI is InChI=1S/C17H18BrClN2O3/c1-10(2)21-9-11(18)6-14(21)17(22)20-13-8-16-15(7-12(13)19)23-4-3-5-24-16/h6-10H,3-5H2,1-2H3,(H,20,22). The van der Waals surface area contributed by atoms with Gasteiger partial charge in [-0.2, -0.15) is 0 Å². The van der Waals surface area contributed by atoms with Crippen molar-refractivity contribution in [2.45, 2.75) is 26.3 Å². The van der Waals surface area contributed by atoms with Crippen LogP contribution in [0.25, 0.3) is 0 Å². The fourth-order valence-electron chi connectivity index (χ4n) is 2.52. The molecule has 2 aromatic rings. The van der Waals surface area contributed by atoms with Gasteiger partial charge in [0, 0.05) is 35.3 Å². The second-order valence-electron chi connectivity index (χ2n) is 5.83. The molecule has 1 aliphatic rings. The van der Waals surface area contributed by atoms with Gasteiger partial charge < -0.3 is 19.4 Å². The summed E-state index contributed by atoms with van der Waals surface area (Å²) in [6, 6.07) is 5.33. The Morgan fingerprint density at radius 3 is 2.58 bits per heavy atom. The van der Waals surface area contributed by atoms with Crippen LogP contribution < -0.4 is 14.8 Å². The lowest BCUT2D eigenvalue weighted by Gasteiger charge is -2.15. The lowest BCUT2D eigenvalue weighted by molar-refractivity contribution is 0.101. The molecule has 2 heterocycles. The van der Waals surface area contributed by atoms with E-state index in [4.69, 9.17) is 21.1 Å². The van der Waals surface area contributed by atoms with Crippen molar-refractivity contribution >= 4 is 39.1 Å². The number of carbonyl (C=O) groups excluding carboxylic acids is 1. The molecule has 5 nitrogen and oxygen atoms in total. The second-order valence-corrected chi connectivity index (χ2v) is 7.15. The summed E-state index contributed by atoms with van der Waals surface area (Å²) < 4.78 is 14.0. The summed E-state index contributed by atoms with van der Waals surface area (Å²) in [7, 11) is 0. The molecule has 0 aliphatic carbocycles. The first-order chi connectivity index (χ1) is 11.5. The molecule has 7 heteroatoms. The van der Waals surface area contributed by atoms with Crippen molar-refractivity contribution in [3.05, 3.63) is 39.6 Å². The number of anilines is 1. The fraction of sp³-hybridized carbons (Fsp3) is 0.353. The van der Waals surface area contributed by atoms with Crippen LogP contribution in [0.5, 0.6) is 11.5 Å². The number of rotatable bonds is 3. The van der Waals surface area contributed by atoms with E-state index >= 15 is 0 Å². The maximum atomic E-state index is 12.7. The van der Waals surface area contributed by atoms with E-state index in [1.54, 1.807) is 18.2 Å². The molecule has 1 aromatic heterocycles. The van der Waals surface area contributed by atoms with E-state index in [-0.39, 0.29) is 11.9 Å². The average molecular weight is 414 g/mol. The molecule has 128 valence electrons. The fourth-order valence-corrected chi connectivity index (χ4v) is 3.16. The maximum absolute atomic E-state index is 12.7. The number of benzene rings is 1. The number of nitrogens with one attached hydrogen (secondary N) is 1. The van der Waals surface area contributed by atoms with Gasteiger partial charge in [0.2, 0.25) is 0 Å². The summed E-state index contributed by atoms with van der Waals surface area (Å²) in [5, 5.41) is 3.27. The molecule has 24 heavy (non-hydrogen) atoms. The molecule has 0 bridgehead atoms. The predicted molar refractivity (Wildman–Crippen MR) is 97.5 cm³/mol. The minimum Gasteiger partial charge on any atom is -0.490 e. The Morgan fingerprint density at radius 2 is 1.92 bits per heavy atom. The van der Waals surface area contributed by atoms with Crippen molar-refractivity contribution < 1.29 is 14.3 Å². The third-order valence-electron chi connectivity index (χ3n) is 3.69. The molecule has 1 N–H and O–H groups in total. The first-order valence-electron chi connectivity index (χ1n) is 7.73. The van der Waals surface area contributed by atoms with Gasteiger partial charge in [-0.15, -0.1) is 0 Å². The molecule has 3 rings (SSSR count). The third kappa shape index (κ3) is 3.54. The topological polar surface area (TPSA) is 52.5 Å². The van der Waals surface area contributed by atoms with E-state index in [1.807, 2.05) is 24.6 Å². The highest BCUT2D eigenvalue weighted by atomic mass is 79.9. The first-order valence-corrected chi connectivity index (χ1v) is 8.90. The minimum atomic E-state index is -0.231. The van der Waals surface area contributed by atoms with Crippen LogP contribution in [-0.4, -0.2) is 23.7 Å².